The predicted octanol–water partition coefficient (Wildman–Crippen LogP) is 3.50. The molecule has 0 aliphatic carbocycles. The quantitative estimate of drug-likeness (QED) is 0.697. The van der Waals surface area contributed by atoms with Gasteiger partial charge in [0.1, 0.15) is 0 Å². The Hall–Kier alpha value is -0.420. The highest BCUT2D eigenvalue weighted by atomic mass is 32.1. The maximum Gasteiger partial charge on any atom is 0.177 e. The number of hydrogen-bond donors (Lipinski definition) is 1. The number of nitrogens with one attached hydrogen (secondary N) is 1. The van der Waals surface area contributed by atoms with Crippen LogP contribution in [-0.4, -0.2) is 26.0 Å². The van der Waals surface area contributed by atoms with E-state index in [2.05, 4.69) is 31.3 Å². The van der Waals surface area contributed by atoms with Gasteiger partial charge in [0.05, 0.1) is 6.04 Å². The van der Waals surface area contributed by atoms with Gasteiger partial charge in [-0.05, 0) is 45.9 Å². The number of rotatable bonds is 9. The standard InChI is InChI=1S/C14H25NO2S/c1-5-10-15-13(12-9-8-11(4)18-12)14(16-6-2)17-7-3/h8-9,13-15H,5-7,10H2,1-4H3. The number of aryl methyl sites for hydroxylation is 1. The van der Waals surface area contributed by atoms with E-state index in [9.17, 15) is 0 Å². The van der Waals surface area contributed by atoms with E-state index < -0.39 is 0 Å². The highest BCUT2D eigenvalue weighted by Crippen LogP contribution is 2.27. The van der Waals surface area contributed by atoms with Crippen LogP contribution >= 0.6 is 11.3 Å². The second-order valence-corrected chi connectivity index (χ2v) is 5.48. The fourth-order valence-electron chi connectivity index (χ4n) is 1.82. The van der Waals surface area contributed by atoms with Crippen LogP contribution in [0.5, 0.6) is 0 Å². The molecule has 1 N–H and O–H groups in total. The van der Waals surface area contributed by atoms with Gasteiger partial charge in [-0.25, -0.2) is 0 Å². The molecule has 0 saturated heterocycles. The van der Waals surface area contributed by atoms with E-state index in [1.54, 1.807) is 11.3 Å². The molecule has 0 aliphatic rings. The highest BCUT2D eigenvalue weighted by Gasteiger charge is 2.24. The summed E-state index contributed by atoms with van der Waals surface area (Å²) in [6.07, 6.45) is 0.899. The summed E-state index contributed by atoms with van der Waals surface area (Å²) >= 11 is 1.80. The van der Waals surface area contributed by atoms with Gasteiger partial charge in [0.25, 0.3) is 0 Å². The molecule has 0 amide bonds. The van der Waals surface area contributed by atoms with Gasteiger partial charge < -0.3 is 14.8 Å². The summed E-state index contributed by atoms with van der Waals surface area (Å²) in [5.41, 5.74) is 0. The molecule has 0 bridgehead atoms. The number of hydrogen-bond acceptors (Lipinski definition) is 4. The van der Waals surface area contributed by atoms with Gasteiger partial charge in [0.15, 0.2) is 6.29 Å². The van der Waals surface area contributed by atoms with Crippen molar-refractivity contribution in [3.63, 3.8) is 0 Å². The Balaban J connectivity index is 2.80. The normalized spacial score (nSPS) is 13.2. The first-order valence-electron chi connectivity index (χ1n) is 6.75. The van der Waals surface area contributed by atoms with Gasteiger partial charge in [0.2, 0.25) is 0 Å². The average molecular weight is 271 g/mol. The van der Waals surface area contributed by atoms with E-state index >= 15 is 0 Å². The highest BCUT2D eigenvalue weighted by molar-refractivity contribution is 7.12. The molecule has 0 fully saturated rings. The van der Waals surface area contributed by atoms with Crippen molar-refractivity contribution in [2.24, 2.45) is 0 Å². The Kier molecular flexibility index (Phi) is 7.51. The third-order valence-corrected chi connectivity index (χ3v) is 3.70. The minimum absolute atomic E-state index is 0.128. The summed E-state index contributed by atoms with van der Waals surface area (Å²) in [7, 11) is 0. The molecular weight excluding hydrogens is 246 g/mol. The van der Waals surface area contributed by atoms with Gasteiger partial charge >= 0.3 is 0 Å². The summed E-state index contributed by atoms with van der Waals surface area (Å²) in [6, 6.07) is 4.44. The molecule has 0 radical (unpaired) electrons. The molecule has 18 heavy (non-hydrogen) atoms. The van der Waals surface area contributed by atoms with E-state index in [-0.39, 0.29) is 12.3 Å². The van der Waals surface area contributed by atoms with Crippen molar-refractivity contribution in [3.8, 4) is 0 Å². The summed E-state index contributed by atoms with van der Waals surface area (Å²) in [6.45, 7) is 10.6. The second kappa shape index (κ2) is 8.64. The van der Waals surface area contributed by atoms with Crippen LogP contribution in [0.15, 0.2) is 12.1 Å². The minimum atomic E-state index is -0.204. The Morgan fingerprint density at radius 1 is 1.17 bits per heavy atom. The molecule has 0 aromatic carbocycles. The number of thiophene rings is 1. The summed E-state index contributed by atoms with van der Waals surface area (Å²) < 4.78 is 11.5. The molecule has 1 heterocycles. The van der Waals surface area contributed by atoms with Crippen molar-refractivity contribution in [3.05, 3.63) is 21.9 Å². The Morgan fingerprint density at radius 3 is 2.28 bits per heavy atom. The van der Waals surface area contributed by atoms with E-state index in [1.807, 2.05) is 13.8 Å². The fraction of sp³-hybridized carbons (Fsp3) is 0.714. The molecule has 0 saturated carbocycles. The molecule has 0 spiro atoms. The summed E-state index contributed by atoms with van der Waals surface area (Å²) in [4.78, 5) is 2.60. The Labute approximate surface area is 114 Å². The lowest BCUT2D eigenvalue weighted by molar-refractivity contribution is -0.154. The van der Waals surface area contributed by atoms with E-state index in [0.717, 1.165) is 13.0 Å². The first kappa shape index (κ1) is 15.6. The molecule has 1 aromatic heterocycles. The van der Waals surface area contributed by atoms with Gasteiger partial charge in [-0.1, -0.05) is 6.92 Å². The van der Waals surface area contributed by atoms with Gasteiger partial charge in [-0.2, -0.15) is 0 Å². The van der Waals surface area contributed by atoms with Gasteiger partial charge in [0, 0.05) is 23.0 Å². The molecule has 1 rings (SSSR count). The van der Waals surface area contributed by atoms with Crippen LogP contribution in [0.2, 0.25) is 0 Å². The average Bonchev–Trinajstić information content (AvgIpc) is 2.77. The lowest BCUT2D eigenvalue weighted by atomic mass is 10.2. The third-order valence-electron chi connectivity index (χ3n) is 2.62. The van der Waals surface area contributed by atoms with Crippen molar-refractivity contribution in [1.29, 1.82) is 0 Å². The maximum atomic E-state index is 5.73. The van der Waals surface area contributed by atoms with Crippen molar-refractivity contribution >= 4 is 11.3 Å². The zero-order chi connectivity index (χ0) is 13.4. The molecule has 0 aliphatic heterocycles. The Morgan fingerprint density at radius 2 is 1.83 bits per heavy atom. The van der Waals surface area contributed by atoms with E-state index in [1.165, 1.54) is 9.75 Å². The van der Waals surface area contributed by atoms with Gasteiger partial charge in [-0.15, -0.1) is 11.3 Å². The van der Waals surface area contributed by atoms with Crippen molar-refractivity contribution in [2.45, 2.75) is 46.4 Å². The first-order valence-corrected chi connectivity index (χ1v) is 7.57. The zero-order valence-electron chi connectivity index (χ0n) is 11.9. The smallest absolute Gasteiger partial charge is 0.177 e. The van der Waals surface area contributed by atoms with Crippen molar-refractivity contribution in [1.82, 2.24) is 5.32 Å². The van der Waals surface area contributed by atoms with Crippen LogP contribution in [0.1, 0.15) is 43.0 Å². The predicted molar refractivity (Wildman–Crippen MR) is 77.1 cm³/mol. The van der Waals surface area contributed by atoms with Crippen LogP contribution < -0.4 is 5.32 Å². The second-order valence-electron chi connectivity index (χ2n) is 4.16. The summed E-state index contributed by atoms with van der Waals surface area (Å²) in [5, 5.41) is 3.53. The topological polar surface area (TPSA) is 30.5 Å². The van der Waals surface area contributed by atoms with Crippen LogP contribution in [-0.2, 0) is 9.47 Å². The molecule has 104 valence electrons. The van der Waals surface area contributed by atoms with Gasteiger partial charge in [-0.3, -0.25) is 0 Å². The van der Waals surface area contributed by atoms with Crippen LogP contribution in [0, 0.1) is 6.92 Å². The minimum Gasteiger partial charge on any atom is -0.351 e. The monoisotopic (exact) mass is 271 g/mol. The lowest BCUT2D eigenvalue weighted by Crippen LogP contribution is -2.36. The number of ether oxygens (including phenoxy) is 2. The van der Waals surface area contributed by atoms with Crippen LogP contribution in [0.25, 0.3) is 0 Å². The SMILES string of the molecule is CCCNC(c1ccc(C)s1)C(OCC)OCC. The molecular formula is C14H25NO2S. The zero-order valence-corrected chi connectivity index (χ0v) is 12.7. The lowest BCUT2D eigenvalue weighted by Gasteiger charge is -2.27. The fourth-order valence-corrected chi connectivity index (χ4v) is 2.79. The molecule has 4 heteroatoms. The molecule has 1 unspecified atom stereocenters. The Bertz CT molecular complexity index is 321. The summed E-state index contributed by atoms with van der Waals surface area (Å²) in [5.74, 6) is 0. The van der Waals surface area contributed by atoms with Crippen LogP contribution in [0.3, 0.4) is 0 Å². The van der Waals surface area contributed by atoms with Crippen LogP contribution in [0.4, 0.5) is 0 Å². The molecule has 3 nitrogen and oxygen atoms in total. The van der Waals surface area contributed by atoms with Crippen molar-refractivity contribution in [2.75, 3.05) is 19.8 Å². The largest absolute Gasteiger partial charge is 0.351 e. The van der Waals surface area contributed by atoms with E-state index in [0.29, 0.717) is 13.2 Å². The molecule has 1 aromatic rings. The van der Waals surface area contributed by atoms with E-state index in [4.69, 9.17) is 9.47 Å². The van der Waals surface area contributed by atoms with Crippen molar-refractivity contribution < 1.29 is 9.47 Å². The third kappa shape index (κ3) is 4.69. The maximum absolute atomic E-state index is 5.73. The first-order chi connectivity index (χ1) is 8.72. The molecule has 1 atom stereocenters.